The van der Waals surface area contributed by atoms with Gasteiger partial charge in [-0.05, 0) is 36.3 Å². The predicted octanol–water partition coefficient (Wildman–Crippen LogP) is 3.29. The Kier molecular flexibility index (Phi) is 1.71. The lowest BCUT2D eigenvalue weighted by molar-refractivity contribution is 0.532. The van der Waals surface area contributed by atoms with Crippen LogP contribution in [0.2, 0.25) is 0 Å². The highest BCUT2D eigenvalue weighted by atomic mass is 14.3. The maximum absolute atomic E-state index is 2.35. The van der Waals surface area contributed by atoms with Crippen molar-refractivity contribution in [3.8, 4) is 0 Å². The molecule has 0 amide bonds. The Morgan fingerprint density at radius 2 is 2.00 bits per heavy atom. The summed E-state index contributed by atoms with van der Waals surface area (Å²) in [5.41, 5.74) is 4.55. The van der Waals surface area contributed by atoms with E-state index in [1.54, 1.807) is 11.1 Å². The van der Waals surface area contributed by atoms with Crippen molar-refractivity contribution < 1.29 is 0 Å². The minimum absolute atomic E-state index is 0.764. The molecule has 0 bridgehead atoms. The van der Waals surface area contributed by atoms with E-state index < -0.39 is 0 Å². The molecule has 0 heterocycles. The average molecular weight is 160 g/mol. The topological polar surface area (TPSA) is 0 Å². The molecule has 0 N–H and O–H groups in total. The second kappa shape index (κ2) is 2.62. The summed E-state index contributed by atoms with van der Waals surface area (Å²) in [5, 5.41) is 0. The molecule has 0 saturated heterocycles. The second-order valence-electron chi connectivity index (χ2n) is 4.17. The number of aryl methyl sites for hydroxylation is 1. The van der Waals surface area contributed by atoms with Gasteiger partial charge in [-0.25, -0.2) is 0 Å². The van der Waals surface area contributed by atoms with Gasteiger partial charge in [0.2, 0.25) is 0 Å². The Bertz CT molecular complexity index is 299. The molecule has 1 aromatic rings. The van der Waals surface area contributed by atoms with E-state index in [1.165, 1.54) is 12.0 Å². The van der Waals surface area contributed by atoms with Crippen LogP contribution in [-0.2, 0) is 6.42 Å². The summed E-state index contributed by atoms with van der Waals surface area (Å²) in [5.74, 6) is 1.60. The molecule has 1 aromatic carbocycles. The van der Waals surface area contributed by atoms with Gasteiger partial charge in [-0.2, -0.15) is 0 Å². The fourth-order valence-electron chi connectivity index (χ4n) is 2.15. The van der Waals surface area contributed by atoms with Crippen LogP contribution in [0.15, 0.2) is 18.2 Å². The number of hydrogen-bond acceptors (Lipinski definition) is 0. The van der Waals surface area contributed by atoms with Gasteiger partial charge in [-0.15, -0.1) is 0 Å². The van der Waals surface area contributed by atoms with Crippen molar-refractivity contribution in [1.82, 2.24) is 0 Å². The lowest BCUT2D eigenvalue weighted by Gasteiger charge is -2.09. The fraction of sp³-hybridized carbons (Fsp3) is 0.500. The van der Waals surface area contributed by atoms with Crippen LogP contribution in [0.4, 0.5) is 0 Å². The quantitative estimate of drug-likeness (QED) is 0.546. The van der Waals surface area contributed by atoms with E-state index in [9.17, 15) is 0 Å². The van der Waals surface area contributed by atoms with Gasteiger partial charge in [-0.1, -0.05) is 37.6 Å². The Hall–Kier alpha value is -0.780. The molecular weight excluding hydrogens is 144 g/mol. The van der Waals surface area contributed by atoms with Gasteiger partial charge in [0.1, 0.15) is 0 Å². The van der Waals surface area contributed by atoms with E-state index in [1.807, 2.05) is 0 Å². The zero-order chi connectivity index (χ0) is 8.72. The van der Waals surface area contributed by atoms with Gasteiger partial charge in [-0.3, -0.25) is 0 Å². The zero-order valence-electron chi connectivity index (χ0n) is 8.09. The summed E-state index contributed by atoms with van der Waals surface area (Å²) in [7, 11) is 0. The molecule has 0 aliphatic heterocycles. The van der Waals surface area contributed by atoms with Crippen LogP contribution in [-0.4, -0.2) is 0 Å². The lowest BCUT2D eigenvalue weighted by atomic mass is 9.96. The smallest absolute Gasteiger partial charge is 0.0159 e. The summed E-state index contributed by atoms with van der Waals surface area (Å²) < 4.78 is 0. The van der Waals surface area contributed by atoms with Crippen molar-refractivity contribution in [2.75, 3.05) is 0 Å². The lowest BCUT2D eigenvalue weighted by Crippen LogP contribution is -1.97. The van der Waals surface area contributed by atoms with Crippen molar-refractivity contribution in [3.05, 3.63) is 34.9 Å². The number of benzene rings is 1. The number of fused-ring (bicyclic) bond motifs is 1. The minimum Gasteiger partial charge on any atom is -0.0616 e. The molecule has 0 saturated carbocycles. The first-order chi connectivity index (χ1) is 5.68. The Balaban J connectivity index is 2.48. The molecule has 0 spiro atoms. The van der Waals surface area contributed by atoms with Gasteiger partial charge in [0, 0.05) is 0 Å². The summed E-state index contributed by atoms with van der Waals surface area (Å²) in [6, 6.07) is 6.87. The Labute approximate surface area is 74.6 Å². The maximum Gasteiger partial charge on any atom is -0.0159 e. The van der Waals surface area contributed by atoms with Crippen LogP contribution in [0, 0.1) is 12.8 Å². The van der Waals surface area contributed by atoms with Gasteiger partial charge < -0.3 is 0 Å². The normalized spacial score (nSPS) is 27.2. The van der Waals surface area contributed by atoms with Crippen molar-refractivity contribution in [2.24, 2.45) is 5.92 Å². The molecule has 1 aliphatic carbocycles. The molecule has 1 aliphatic rings. The van der Waals surface area contributed by atoms with E-state index in [0.717, 1.165) is 11.8 Å². The molecule has 0 radical (unpaired) electrons. The molecule has 64 valence electrons. The standard InChI is InChI=1S/C12H16/c1-8-4-5-11-7-9(2)10(3)12(11)6-8/h4-6,9-10H,7H2,1-3H3/t9-,10-/m1/s1. The second-order valence-corrected chi connectivity index (χ2v) is 4.17. The highest BCUT2D eigenvalue weighted by molar-refractivity contribution is 5.38. The van der Waals surface area contributed by atoms with E-state index in [2.05, 4.69) is 39.0 Å². The molecular formula is C12H16. The molecule has 0 nitrogen and oxygen atoms in total. The number of rotatable bonds is 0. The molecule has 2 rings (SSSR count). The van der Waals surface area contributed by atoms with Crippen LogP contribution in [0.3, 0.4) is 0 Å². The van der Waals surface area contributed by atoms with E-state index in [4.69, 9.17) is 0 Å². The van der Waals surface area contributed by atoms with Gasteiger partial charge in [0.05, 0.1) is 0 Å². The largest absolute Gasteiger partial charge is 0.0616 e. The third-order valence-electron chi connectivity index (χ3n) is 3.19. The van der Waals surface area contributed by atoms with Gasteiger partial charge in [0.25, 0.3) is 0 Å². The van der Waals surface area contributed by atoms with Crippen LogP contribution in [0.5, 0.6) is 0 Å². The predicted molar refractivity (Wildman–Crippen MR) is 52.5 cm³/mol. The molecule has 0 aromatic heterocycles. The highest BCUT2D eigenvalue weighted by Gasteiger charge is 2.24. The number of hydrogen-bond donors (Lipinski definition) is 0. The van der Waals surface area contributed by atoms with Gasteiger partial charge >= 0.3 is 0 Å². The fourth-order valence-corrected chi connectivity index (χ4v) is 2.15. The summed E-state index contributed by atoms with van der Waals surface area (Å²) in [4.78, 5) is 0. The van der Waals surface area contributed by atoms with E-state index >= 15 is 0 Å². The van der Waals surface area contributed by atoms with Crippen LogP contribution in [0.25, 0.3) is 0 Å². The SMILES string of the molecule is Cc1ccc2c(c1)[C@H](C)[C@H](C)C2. The van der Waals surface area contributed by atoms with Gasteiger partial charge in [0.15, 0.2) is 0 Å². The molecule has 0 fully saturated rings. The van der Waals surface area contributed by atoms with Crippen molar-refractivity contribution >= 4 is 0 Å². The van der Waals surface area contributed by atoms with E-state index in [-0.39, 0.29) is 0 Å². The monoisotopic (exact) mass is 160 g/mol. The molecule has 0 heteroatoms. The maximum atomic E-state index is 2.35. The molecule has 2 atom stereocenters. The van der Waals surface area contributed by atoms with Crippen LogP contribution in [0.1, 0.15) is 36.5 Å². The minimum atomic E-state index is 0.764. The first-order valence-electron chi connectivity index (χ1n) is 4.78. The first kappa shape index (κ1) is 7.85. The Morgan fingerprint density at radius 1 is 1.25 bits per heavy atom. The van der Waals surface area contributed by atoms with E-state index in [0.29, 0.717) is 0 Å². The van der Waals surface area contributed by atoms with Crippen molar-refractivity contribution in [2.45, 2.75) is 33.1 Å². The Morgan fingerprint density at radius 3 is 2.75 bits per heavy atom. The molecule has 0 unspecified atom stereocenters. The molecule has 12 heavy (non-hydrogen) atoms. The van der Waals surface area contributed by atoms with Crippen molar-refractivity contribution in [3.63, 3.8) is 0 Å². The summed E-state index contributed by atoms with van der Waals surface area (Å²) in [6.45, 7) is 6.87. The average Bonchev–Trinajstić information content (AvgIpc) is 2.31. The summed E-state index contributed by atoms with van der Waals surface area (Å²) in [6.07, 6.45) is 1.27. The zero-order valence-corrected chi connectivity index (χ0v) is 8.09. The van der Waals surface area contributed by atoms with Crippen molar-refractivity contribution in [1.29, 1.82) is 0 Å². The third kappa shape index (κ3) is 1.06. The summed E-state index contributed by atoms with van der Waals surface area (Å²) >= 11 is 0. The highest BCUT2D eigenvalue weighted by Crippen LogP contribution is 2.37. The van der Waals surface area contributed by atoms with Crippen LogP contribution >= 0.6 is 0 Å². The third-order valence-corrected chi connectivity index (χ3v) is 3.19. The first-order valence-corrected chi connectivity index (χ1v) is 4.78. The van der Waals surface area contributed by atoms with Crippen LogP contribution < -0.4 is 0 Å².